The van der Waals surface area contributed by atoms with Crippen molar-refractivity contribution < 1.29 is 19.8 Å². The minimum atomic E-state index is -1.14. The molecule has 4 aliphatic rings. The number of aromatic nitrogens is 1. The van der Waals surface area contributed by atoms with Crippen molar-refractivity contribution in [2.24, 2.45) is 5.73 Å². The Morgan fingerprint density at radius 1 is 1.15 bits per heavy atom. The number of aromatic hydroxyl groups is 1. The lowest BCUT2D eigenvalue weighted by atomic mass is 9.55. The van der Waals surface area contributed by atoms with Crippen LogP contribution >= 0.6 is 0 Å². The molecule has 3 aliphatic carbocycles. The number of nitrogens with two attached hydrogens (primary N) is 1. The number of aliphatic hydroxyl groups is 1. The summed E-state index contributed by atoms with van der Waals surface area (Å²) in [4.78, 5) is 43.6. The predicted molar refractivity (Wildman–Crippen MR) is 143 cm³/mol. The molecule has 2 fully saturated rings. The van der Waals surface area contributed by atoms with Crippen LogP contribution in [0.3, 0.4) is 0 Å². The molecule has 39 heavy (non-hydrogen) atoms. The summed E-state index contributed by atoms with van der Waals surface area (Å²) in [7, 11) is 2.01. The number of rotatable bonds is 5. The molecule has 9 nitrogen and oxygen atoms in total. The Hall–Kier alpha value is -3.95. The number of fused-ring (bicyclic) bond motifs is 3. The maximum Gasteiger partial charge on any atom is 0.261 e. The molecule has 2 amide bonds. The SMILES string of the molecule is CN1CC23C[C@@]4(Cc5[nH]c(=O)c(C(=O)N[C@@H](Cc6ccccc6)C(N)=O)cc5C[C@@]4(O)[C@H]12)c1cc(O)ccc13. The van der Waals surface area contributed by atoms with Crippen LogP contribution < -0.4 is 16.6 Å². The van der Waals surface area contributed by atoms with Crippen molar-refractivity contribution in [2.75, 3.05) is 13.6 Å². The summed E-state index contributed by atoms with van der Waals surface area (Å²) >= 11 is 0. The third-order valence-electron chi connectivity index (χ3n) is 9.78. The lowest BCUT2D eigenvalue weighted by Gasteiger charge is -2.61. The van der Waals surface area contributed by atoms with Crippen molar-refractivity contribution >= 4 is 11.8 Å². The highest BCUT2D eigenvalue weighted by Gasteiger charge is 2.80. The van der Waals surface area contributed by atoms with Gasteiger partial charge in [0.25, 0.3) is 11.5 Å². The smallest absolute Gasteiger partial charge is 0.261 e. The molecule has 2 spiro atoms. The average molecular weight is 527 g/mol. The summed E-state index contributed by atoms with van der Waals surface area (Å²) in [5, 5.41) is 25.4. The van der Waals surface area contributed by atoms with Crippen LogP contribution in [0, 0.1) is 0 Å². The molecule has 2 heterocycles. The predicted octanol–water partition coefficient (Wildman–Crippen LogP) is 0.644. The Morgan fingerprint density at radius 3 is 2.64 bits per heavy atom. The molecule has 1 saturated carbocycles. The number of benzene rings is 2. The highest BCUT2D eigenvalue weighted by molar-refractivity contribution is 5.97. The molecular formula is C30H30N4O5. The molecular weight excluding hydrogens is 496 g/mol. The summed E-state index contributed by atoms with van der Waals surface area (Å²) in [6.07, 6.45) is 1.61. The molecule has 0 radical (unpaired) electrons. The normalized spacial score (nSPS) is 30.4. The summed E-state index contributed by atoms with van der Waals surface area (Å²) in [5.74, 6) is -1.23. The monoisotopic (exact) mass is 526 g/mol. The number of phenolic OH excluding ortho intramolecular Hbond substituents is 1. The van der Waals surface area contributed by atoms with E-state index in [1.165, 1.54) is 5.56 Å². The van der Waals surface area contributed by atoms with Crippen LogP contribution in [0.4, 0.5) is 0 Å². The Balaban J connectivity index is 1.25. The van der Waals surface area contributed by atoms with E-state index in [2.05, 4.69) is 15.2 Å². The number of aromatic amines is 1. The van der Waals surface area contributed by atoms with Gasteiger partial charge in [-0.3, -0.25) is 19.3 Å². The fraction of sp³-hybridized carbons (Fsp3) is 0.367. The van der Waals surface area contributed by atoms with Gasteiger partial charge in [-0.1, -0.05) is 36.4 Å². The van der Waals surface area contributed by atoms with Crippen LogP contribution in [0.15, 0.2) is 59.4 Å². The van der Waals surface area contributed by atoms with Gasteiger partial charge in [-0.05, 0) is 53.9 Å². The van der Waals surface area contributed by atoms with Crippen LogP contribution in [0.5, 0.6) is 5.75 Å². The Kier molecular flexibility index (Phi) is 4.82. The van der Waals surface area contributed by atoms with Crippen molar-refractivity contribution in [2.45, 2.75) is 54.2 Å². The topological polar surface area (TPSA) is 149 Å². The molecule has 6 N–H and O–H groups in total. The highest BCUT2D eigenvalue weighted by Crippen LogP contribution is 2.72. The van der Waals surface area contributed by atoms with Gasteiger partial charge in [0.2, 0.25) is 5.91 Å². The number of nitrogens with zero attached hydrogens (tertiary/aromatic N) is 1. The van der Waals surface area contributed by atoms with E-state index in [0.717, 1.165) is 24.1 Å². The molecule has 9 heteroatoms. The van der Waals surface area contributed by atoms with E-state index in [0.29, 0.717) is 17.7 Å². The lowest BCUT2D eigenvalue weighted by Crippen LogP contribution is -2.74. The van der Waals surface area contributed by atoms with Gasteiger partial charge in [0.05, 0.1) is 11.6 Å². The number of likely N-dealkylation sites (tertiary alicyclic amines) is 1. The number of H-pyrrole nitrogens is 1. The number of carbonyl (C=O) groups excluding carboxylic acids is 2. The Morgan fingerprint density at radius 2 is 1.92 bits per heavy atom. The maximum atomic E-state index is 13.2. The van der Waals surface area contributed by atoms with Crippen LogP contribution in [-0.2, 0) is 34.9 Å². The second kappa shape index (κ2) is 7.80. The van der Waals surface area contributed by atoms with Gasteiger partial charge in [0, 0.05) is 42.3 Å². The number of amides is 2. The first-order valence-corrected chi connectivity index (χ1v) is 13.2. The molecule has 3 aromatic rings. The fourth-order valence-electron chi connectivity index (χ4n) is 8.45. The first-order valence-electron chi connectivity index (χ1n) is 13.2. The van der Waals surface area contributed by atoms with Crippen molar-refractivity contribution in [1.82, 2.24) is 15.2 Å². The van der Waals surface area contributed by atoms with E-state index < -0.39 is 34.4 Å². The van der Waals surface area contributed by atoms with Crippen LogP contribution in [0.1, 0.15) is 44.7 Å². The van der Waals surface area contributed by atoms with Gasteiger partial charge in [-0.2, -0.15) is 0 Å². The molecule has 200 valence electrons. The molecule has 1 aromatic heterocycles. The van der Waals surface area contributed by atoms with E-state index in [-0.39, 0.29) is 35.6 Å². The Labute approximate surface area is 224 Å². The van der Waals surface area contributed by atoms with E-state index >= 15 is 0 Å². The number of primary amides is 1. The molecule has 2 aromatic carbocycles. The van der Waals surface area contributed by atoms with Crippen LogP contribution in [0.2, 0.25) is 0 Å². The Bertz CT molecular complexity index is 1620. The number of phenols is 1. The summed E-state index contributed by atoms with van der Waals surface area (Å²) in [6.45, 7) is 0.815. The number of carbonyl (C=O) groups is 2. The number of nitrogens with one attached hydrogen (secondary N) is 2. The fourth-order valence-corrected chi connectivity index (χ4v) is 8.45. The molecule has 5 atom stereocenters. The number of likely N-dealkylation sites (N-methyl/N-ethyl adjacent to an activating group) is 1. The largest absolute Gasteiger partial charge is 0.508 e. The molecule has 1 saturated heterocycles. The van der Waals surface area contributed by atoms with E-state index in [9.17, 15) is 24.6 Å². The van der Waals surface area contributed by atoms with Crippen LogP contribution in [0.25, 0.3) is 0 Å². The van der Waals surface area contributed by atoms with E-state index in [1.807, 2.05) is 43.4 Å². The minimum absolute atomic E-state index is 0.107. The summed E-state index contributed by atoms with van der Waals surface area (Å²) in [6, 6.07) is 15.1. The van der Waals surface area contributed by atoms with Crippen molar-refractivity contribution in [3.05, 3.63) is 98.5 Å². The molecule has 7 rings (SSSR count). The zero-order valence-corrected chi connectivity index (χ0v) is 21.5. The molecule has 2 bridgehead atoms. The maximum absolute atomic E-state index is 13.2. The first-order chi connectivity index (χ1) is 18.6. The van der Waals surface area contributed by atoms with Gasteiger partial charge < -0.3 is 26.2 Å². The lowest BCUT2D eigenvalue weighted by molar-refractivity contribution is -0.126. The standard InChI is InChI=1S/C30H30N4O5/c1-34-15-28-14-29(21-11-18(35)7-8-20(21)28)13-23-17(12-30(29,39)27(28)34)10-19(26(38)33-23)25(37)32-22(24(31)36)9-16-5-3-2-4-6-16/h2-8,10-11,22,27,35,39H,9,12-15H2,1H3,(H2,31,36)(H,32,37)(H,33,38)/t22-,27+,28?,29-,30+/m0/s1. The van der Waals surface area contributed by atoms with Gasteiger partial charge in [0.15, 0.2) is 0 Å². The van der Waals surface area contributed by atoms with Crippen LogP contribution in [-0.4, -0.2) is 63.2 Å². The number of pyridine rings is 1. The molecule has 1 aliphatic heterocycles. The quantitative estimate of drug-likeness (QED) is 0.330. The third-order valence-corrected chi connectivity index (χ3v) is 9.78. The third kappa shape index (κ3) is 3.05. The zero-order valence-electron chi connectivity index (χ0n) is 21.5. The number of hydrogen-bond donors (Lipinski definition) is 5. The number of hydrogen-bond acceptors (Lipinski definition) is 6. The second-order valence-corrected chi connectivity index (χ2v) is 11.9. The van der Waals surface area contributed by atoms with Crippen molar-refractivity contribution in [3.8, 4) is 5.75 Å². The molecule has 1 unspecified atom stereocenters. The summed E-state index contributed by atoms with van der Waals surface area (Å²) < 4.78 is 0. The minimum Gasteiger partial charge on any atom is -0.508 e. The zero-order chi connectivity index (χ0) is 27.3. The van der Waals surface area contributed by atoms with Gasteiger partial charge in [-0.15, -0.1) is 0 Å². The van der Waals surface area contributed by atoms with Crippen molar-refractivity contribution in [1.29, 1.82) is 0 Å². The second-order valence-electron chi connectivity index (χ2n) is 11.9. The summed E-state index contributed by atoms with van der Waals surface area (Å²) in [5.41, 5.74) is 7.25. The van der Waals surface area contributed by atoms with Gasteiger partial charge in [-0.25, -0.2) is 0 Å². The highest BCUT2D eigenvalue weighted by atomic mass is 16.3. The van der Waals surface area contributed by atoms with E-state index in [4.69, 9.17) is 5.73 Å². The van der Waals surface area contributed by atoms with Crippen molar-refractivity contribution in [3.63, 3.8) is 0 Å². The average Bonchev–Trinajstić information content (AvgIpc) is 3.25. The van der Waals surface area contributed by atoms with E-state index in [1.54, 1.807) is 18.2 Å². The first kappa shape index (κ1) is 24.1. The van der Waals surface area contributed by atoms with Gasteiger partial charge >= 0.3 is 0 Å². The van der Waals surface area contributed by atoms with Gasteiger partial charge in [0.1, 0.15) is 17.4 Å².